The standard InChI is InChI=1S/C7H6N2.C3H4S2/c1-2-4-7-6(3-1)8-5-9-7;1-2-4-5-3-1/h1-5H,(H,8,9);1-2H,3H2. The lowest BCUT2D eigenvalue weighted by Crippen LogP contribution is -1.63. The van der Waals surface area contributed by atoms with E-state index >= 15 is 0 Å². The molecule has 2 nitrogen and oxygen atoms in total. The summed E-state index contributed by atoms with van der Waals surface area (Å²) in [5, 5.41) is 2.12. The van der Waals surface area contributed by atoms with Gasteiger partial charge in [0.15, 0.2) is 0 Å². The first-order valence-electron chi connectivity index (χ1n) is 4.28. The number of aromatic amines is 1. The monoisotopic (exact) mass is 222 g/mol. The van der Waals surface area contributed by atoms with Crippen molar-refractivity contribution in [1.29, 1.82) is 0 Å². The van der Waals surface area contributed by atoms with Crippen LogP contribution in [0, 0.1) is 0 Å². The number of H-pyrrole nitrogens is 1. The number of para-hydroxylation sites is 2. The Morgan fingerprint density at radius 1 is 1.29 bits per heavy atom. The van der Waals surface area contributed by atoms with Gasteiger partial charge in [-0.15, -0.1) is 0 Å². The van der Waals surface area contributed by atoms with Gasteiger partial charge in [0, 0.05) is 5.75 Å². The molecule has 2 aromatic rings. The summed E-state index contributed by atoms with van der Waals surface area (Å²) >= 11 is 0. The lowest BCUT2D eigenvalue weighted by atomic mass is 10.3. The molecule has 0 bridgehead atoms. The first kappa shape index (κ1) is 9.68. The third kappa shape index (κ3) is 2.56. The van der Waals surface area contributed by atoms with E-state index < -0.39 is 0 Å². The summed E-state index contributed by atoms with van der Waals surface area (Å²) in [6.45, 7) is 0. The van der Waals surface area contributed by atoms with Crippen molar-refractivity contribution in [2.75, 3.05) is 5.75 Å². The zero-order valence-electron chi connectivity index (χ0n) is 7.51. The second-order valence-corrected chi connectivity index (χ2v) is 4.99. The van der Waals surface area contributed by atoms with Gasteiger partial charge in [-0.1, -0.05) is 39.8 Å². The Kier molecular flexibility index (Phi) is 3.54. The Morgan fingerprint density at radius 2 is 2.21 bits per heavy atom. The molecule has 1 aromatic heterocycles. The molecule has 0 saturated carbocycles. The first-order chi connectivity index (χ1) is 6.97. The van der Waals surface area contributed by atoms with Crippen molar-refractivity contribution >= 4 is 32.6 Å². The van der Waals surface area contributed by atoms with Crippen LogP contribution in [0.2, 0.25) is 0 Å². The Labute approximate surface area is 90.6 Å². The zero-order valence-corrected chi connectivity index (χ0v) is 9.15. The molecule has 4 heteroatoms. The lowest BCUT2D eigenvalue weighted by molar-refractivity contribution is 1.34. The van der Waals surface area contributed by atoms with Crippen LogP contribution in [0.4, 0.5) is 0 Å². The smallest absolute Gasteiger partial charge is 0.0931 e. The second-order valence-electron chi connectivity index (χ2n) is 2.67. The highest BCUT2D eigenvalue weighted by atomic mass is 33.1. The van der Waals surface area contributed by atoms with Gasteiger partial charge < -0.3 is 4.98 Å². The van der Waals surface area contributed by atoms with E-state index in [1.807, 2.05) is 45.9 Å². The molecule has 72 valence electrons. The number of hydrogen-bond acceptors (Lipinski definition) is 3. The van der Waals surface area contributed by atoms with E-state index in [0.29, 0.717) is 0 Å². The summed E-state index contributed by atoms with van der Waals surface area (Å²) in [6.07, 6.45) is 3.86. The Balaban J connectivity index is 0.000000128. The maximum absolute atomic E-state index is 4.06. The quantitative estimate of drug-likeness (QED) is 0.692. The molecule has 1 N–H and O–H groups in total. The van der Waals surface area contributed by atoms with Gasteiger partial charge in [0.2, 0.25) is 0 Å². The van der Waals surface area contributed by atoms with Crippen LogP contribution in [0.15, 0.2) is 42.1 Å². The predicted molar refractivity (Wildman–Crippen MR) is 65.3 cm³/mol. The molecule has 3 rings (SSSR count). The molecule has 0 aliphatic carbocycles. The highest BCUT2D eigenvalue weighted by Gasteiger charge is 1.88. The number of rotatable bonds is 0. The lowest BCUT2D eigenvalue weighted by Gasteiger charge is -1.81. The maximum atomic E-state index is 4.06. The third-order valence-electron chi connectivity index (χ3n) is 1.71. The summed E-state index contributed by atoms with van der Waals surface area (Å²) in [6, 6.07) is 7.94. The molecule has 1 aliphatic heterocycles. The minimum absolute atomic E-state index is 1.03. The number of imidazole rings is 1. The van der Waals surface area contributed by atoms with Gasteiger partial charge in [0.25, 0.3) is 0 Å². The second kappa shape index (κ2) is 5.12. The predicted octanol–water partition coefficient (Wildman–Crippen LogP) is 3.46. The van der Waals surface area contributed by atoms with Crippen LogP contribution in [-0.2, 0) is 0 Å². The number of fused-ring (bicyclic) bond motifs is 1. The van der Waals surface area contributed by atoms with Gasteiger partial charge in [0.05, 0.1) is 17.4 Å². The average molecular weight is 222 g/mol. The molecule has 0 spiro atoms. The fourth-order valence-electron chi connectivity index (χ4n) is 1.08. The van der Waals surface area contributed by atoms with Gasteiger partial charge in [-0.2, -0.15) is 0 Å². The van der Waals surface area contributed by atoms with Crippen LogP contribution in [0.1, 0.15) is 0 Å². The number of nitrogens with one attached hydrogen (secondary N) is 1. The van der Waals surface area contributed by atoms with Crippen LogP contribution >= 0.6 is 21.6 Å². The molecule has 0 fully saturated rings. The Hall–Kier alpha value is -0.870. The summed E-state index contributed by atoms with van der Waals surface area (Å²) in [5.41, 5.74) is 2.12. The summed E-state index contributed by atoms with van der Waals surface area (Å²) in [4.78, 5) is 7.07. The van der Waals surface area contributed by atoms with Crippen LogP contribution < -0.4 is 0 Å². The first-order valence-corrected chi connectivity index (χ1v) is 6.66. The molecule has 0 unspecified atom stereocenters. The summed E-state index contributed by atoms with van der Waals surface area (Å²) in [7, 11) is 3.69. The summed E-state index contributed by atoms with van der Waals surface area (Å²) < 4.78 is 0. The zero-order chi connectivity index (χ0) is 9.64. The normalized spacial score (nSPS) is 14.0. The molecule has 0 saturated heterocycles. The minimum Gasteiger partial charge on any atom is -0.345 e. The SMILES string of the molecule is C1=CSSC1.c1ccc2[nH]cnc2c1. The highest BCUT2D eigenvalue weighted by molar-refractivity contribution is 8.78. The van der Waals surface area contributed by atoms with Crippen molar-refractivity contribution in [2.24, 2.45) is 0 Å². The number of nitrogens with zero attached hydrogens (tertiary/aromatic N) is 1. The Morgan fingerprint density at radius 3 is 2.86 bits per heavy atom. The summed E-state index contributed by atoms with van der Waals surface area (Å²) in [5.74, 6) is 1.20. The van der Waals surface area contributed by atoms with Gasteiger partial charge in [-0.3, -0.25) is 0 Å². The van der Waals surface area contributed by atoms with Crippen LogP contribution in [0.3, 0.4) is 0 Å². The topological polar surface area (TPSA) is 28.7 Å². The largest absolute Gasteiger partial charge is 0.345 e. The maximum Gasteiger partial charge on any atom is 0.0931 e. The van der Waals surface area contributed by atoms with Crippen molar-refractivity contribution in [3.8, 4) is 0 Å². The van der Waals surface area contributed by atoms with E-state index in [2.05, 4.69) is 21.5 Å². The molecule has 14 heavy (non-hydrogen) atoms. The average Bonchev–Trinajstić information content (AvgIpc) is 2.92. The fraction of sp³-hybridized carbons (Fsp3) is 0.100. The van der Waals surface area contributed by atoms with Crippen molar-refractivity contribution in [3.05, 3.63) is 42.1 Å². The van der Waals surface area contributed by atoms with Crippen molar-refractivity contribution in [1.82, 2.24) is 9.97 Å². The number of hydrogen-bond donors (Lipinski definition) is 1. The molecular formula is C10H10N2S2. The van der Waals surface area contributed by atoms with Crippen LogP contribution in [-0.4, -0.2) is 15.7 Å². The van der Waals surface area contributed by atoms with E-state index in [0.717, 1.165) is 11.0 Å². The molecular weight excluding hydrogens is 212 g/mol. The van der Waals surface area contributed by atoms with Crippen molar-refractivity contribution in [3.63, 3.8) is 0 Å². The van der Waals surface area contributed by atoms with Gasteiger partial charge in [0.1, 0.15) is 0 Å². The molecule has 0 radical (unpaired) electrons. The van der Waals surface area contributed by atoms with Gasteiger partial charge in [-0.05, 0) is 17.5 Å². The van der Waals surface area contributed by atoms with Crippen molar-refractivity contribution < 1.29 is 0 Å². The molecule has 1 aliphatic rings. The number of aromatic nitrogens is 2. The molecule has 1 aromatic carbocycles. The third-order valence-corrected chi connectivity index (χ3v) is 3.63. The van der Waals surface area contributed by atoms with Crippen molar-refractivity contribution in [2.45, 2.75) is 0 Å². The van der Waals surface area contributed by atoms with Crippen LogP contribution in [0.25, 0.3) is 11.0 Å². The molecule has 0 amide bonds. The van der Waals surface area contributed by atoms with E-state index in [9.17, 15) is 0 Å². The van der Waals surface area contributed by atoms with E-state index in [4.69, 9.17) is 0 Å². The van der Waals surface area contributed by atoms with E-state index in [-0.39, 0.29) is 0 Å². The molecule has 0 atom stereocenters. The molecule has 2 heterocycles. The highest BCUT2D eigenvalue weighted by Crippen LogP contribution is 2.27. The van der Waals surface area contributed by atoms with Gasteiger partial charge >= 0.3 is 0 Å². The fourth-order valence-corrected chi connectivity index (χ4v) is 2.65. The van der Waals surface area contributed by atoms with Crippen LogP contribution in [0.5, 0.6) is 0 Å². The van der Waals surface area contributed by atoms with E-state index in [1.54, 1.807) is 6.33 Å². The minimum atomic E-state index is 1.03. The number of benzene rings is 1. The van der Waals surface area contributed by atoms with E-state index in [1.165, 1.54) is 5.75 Å². The van der Waals surface area contributed by atoms with Gasteiger partial charge in [-0.25, -0.2) is 4.98 Å². The Bertz CT molecular complexity index is 386.